The summed E-state index contributed by atoms with van der Waals surface area (Å²) >= 11 is 0. The Bertz CT molecular complexity index is 1170. The number of piperazine rings is 1. The van der Waals surface area contributed by atoms with Crippen LogP contribution in [0.25, 0.3) is 0 Å². The minimum atomic E-state index is -4.73. The van der Waals surface area contributed by atoms with Gasteiger partial charge in [-0.25, -0.2) is 4.99 Å². The molecule has 4 rings (SSSR count). The zero-order chi connectivity index (χ0) is 31.0. The van der Waals surface area contributed by atoms with Crippen LogP contribution in [0.1, 0.15) is 69.2 Å². The van der Waals surface area contributed by atoms with Gasteiger partial charge in [-0.1, -0.05) is 19.3 Å². The second-order valence-electron chi connectivity index (χ2n) is 11.9. The fraction of sp³-hybridized carbons (Fsp3) is 0.613. The highest BCUT2D eigenvalue weighted by molar-refractivity contribution is 6.00. The summed E-state index contributed by atoms with van der Waals surface area (Å²) < 4.78 is 41.9. The molecule has 9 nitrogen and oxygen atoms in total. The molecule has 1 saturated heterocycles. The Morgan fingerprint density at radius 3 is 2.30 bits per heavy atom. The van der Waals surface area contributed by atoms with Gasteiger partial charge in [0, 0.05) is 61.8 Å². The lowest BCUT2D eigenvalue weighted by molar-refractivity contribution is -0.125. The summed E-state index contributed by atoms with van der Waals surface area (Å²) in [4.78, 5) is 37.7. The molecule has 2 saturated carbocycles. The first-order valence-electron chi connectivity index (χ1n) is 15.3. The summed E-state index contributed by atoms with van der Waals surface area (Å²) in [5.74, 6) is -1.08. The van der Waals surface area contributed by atoms with Crippen LogP contribution in [0.5, 0.6) is 0 Å². The third-order valence-electron chi connectivity index (χ3n) is 8.48. The van der Waals surface area contributed by atoms with Crippen molar-refractivity contribution >= 4 is 30.1 Å². The summed E-state index contributed by atoms with van der Waals surface area (Å²) in [6.07, 6.45) is 2.82. The quantitative estimate of drug-likeness (QED) is 0.269. The predicted molar refractivity (Wildman–Crippen MR) is 163 cm³/mol. The van der Waals surface area contributed by atoms with E-state index in [4.69, 9.17) is 0 Å². The van der Waals surface area contributed by atoms with Gasteiger partial charge in [-0.3, -0.25) is 19.5 Å². The number of halogens is 3. The van der Waals surface area contributed by atoms with Crippen LogP contribution in [0.4, 0.5) is 18.9 Å². The number of anilines is 1. The Balaban J connectivity index is 1.39. The zero-order valence-electron chi connectivity index (χ0n) is 25.1. The third-order valence-corrected chi connectivity index (χ3v) is 8.48. The largest absolute Gasteiger partial charge is 0.421 e. The van der Waals surface area contributed by atoms with Gasteiger partial charge < -0.3 is 20.9 Å². The van der Waals surface area contributed by atoms with Gasteiger partial charge in [0.2, 0.25) is 5.91 Å². The highest BCUT2D eigenvalue weighted by Gasteiger charge is 2.40. The molecule has 0 spiro atoms. The number of alkyl halides is 3. The second kappa shape index (κ2) is 14.9. The van der Waals surface area contributed by atoms with Gasteiger partial charge in [-0.15, -0.1) is 0 Å². The van der Waals surface area contributed by atoms with Crippen LogP contribution in [0.15, 0.2) is 46.0 Å². The first-order chi connectivity index (χ1) is 20.6. The highest BCUT2D eigenvalue weighted by Crippen LogP contribution is 2.30. The summed E-state index contributed by atoms with van der Waals surface area (Å²) in [6, 6.07) is 6.96. The molecule has 3 aliphatic rings. The summed E-state index contributed by atoms with van der Waals surface area (Å²) in [5, 5.41) is 8.77. The van der Waals surface area contributed by atoms with Gasteiger partial charge in [0.15, 0.2) is 0 Å². The van der Waals surface area contributed by atoms with Gasteiger partial charge >= 0.3 is 6.18 Å². The van der Waals surface area contributed by atoms with E-state index < -0.39 is 29.5 Å². The molecule has 2 amide bonds. The molecule has 3 fully saturated rings. The SMILES string of the molecule is C=N/C=C(\C(=N/CNc1ccc(C(=O)N2CCN(C3CCCC3)CC2)cc1)NC1CCCC1C(=O)NC(C)C)C(F)(F)F. The maximum absolute atomic E-state index is 14.0. The van der Waals surface area contributed by atoms with Crippen molar-refractivity contribution in [3.63, 3.8) is 0 Å². The van der Waals surface area contributed by atoms with E-state index in [2.05, 4.69) is 37.6 Å². The Kier molecular flexibility index (Phi) is 11.2. The average Bonchev–Trinajstić information content (AvgIpc) is 3.68. The van der Waals surface area contributed by atoms with Crippen LogP contribution in [0.2, 0.25) is 0 Å². The lowest BCUT2D eigenvalue weighted by atomic mass is 10.0. The summed E-state index contributed by atoms with van der Waals surface area (Å²) in [5.41, 5.74) is 0.116. The number of hydrogen-bond donors (Lipinski definition) is 3. The molecule has 2 atom stereocenters. The van der Waals surface area contributed by atoms with E-state index in [1.54, 1.807) is 24.3 Å². The van der Waals surface area contributed by atoms with Crippen LogP contribution < -0.4 is 16.0 Å². The Hall–Kier alpha value is -3.41. The number of carbonyl (C=O) groups excluding carboxylic acids is 2. The number of nitrogens with zero attached hydrogens (tertiary/aromatic N) is 4. The standard InChI is InChI=1S/C31H44F3N7O2/c1-21(2)38-29(42)25-9-6-10-27(25)39-28(26(19-35-3)31(32,33)34)37-20-36-23-13-11-22(12-14-23)30(43)41-17-15-40(16-18-41)24-7-4-5-8-24/h11-14,19,21,24-25,27,36H,3-10,15-18,20H2,1-2H3,(H,37,39)(H,38,42)/b26-19+. The average molecular weight is 604 g/mol. The number of amides is 2. The maximum atomic E-state index is 14.0. The molecule has 3 N–H and O–H groups in total. The van der Waals surface area contributed by atoms with E-state index in [1.807, 2.05) is 18.7 Å². The van der Waals surface area contributed by atoms with Crippen molar-refractivity contribution in [2.24, 2.45) is 15.9 Å². The van der Waals surface area contributed by atoms with Crippen LogP contribution in [-0.2, 0) is 4.79 Å². The number of rotatable bonds is 10. The molecule has 1 aromatic carbocycles. The molecule has 0 bridgehead atoms. The Morgan fingerprint density at radius 2 is 1.70 bits per heavy atom. The Labute approximate surface area is 252 Å². The molecule has 236 valence electrons. The molecule has 12 heteroatoms. The lowest BCUT2D eigenvalue weighted by Gasteiger charge is -2.38. The fourth-order valence-corrected chi connectivity index (χ4v) is 6.26. The molecule has 1 aliphatic heterocycles. The zero-order valence-corrected chi connectivity index (χ0v) is 25.1. The Morgan fingerprint density at radius 1 is 1.02 bits per heavy atom. The molecular formula is C31H44F3N7O2. The fourth-order valence-electron chi connectivity index (χ4n) is 6.26. The normalized spacial score (nSPS) is 22.6. The third kappa shape index (κ3) is 8.81. The van der Waals surface area contributed by atoms with Crippen molar-refractivity contribution in [1.82, 2.24) is 20.4 Å². The van der Waals surface area contributed by atoms with Crippen molar-refractivity contribution in [1.29, 1.82) is 0 Å². The van der Waals surface area contributed by atoms with Gasteiger partial charge in [-0.2, -0.15) is 13.2 Å². The van der Waals surface area contributed by atoms with Crippen LogP contribution in [-0.4, -0.2) is 91.3 Å². The van der Waals surface area contributed by atoms with Crippen LogP contribution >= 0.6 is 0 Å². The van der Waals surface area contributed by atoms with E-state index in [1.165, 1.54) is 25.7 Å². The lowest BCUT2D eigenvalue weighted by Crippen LogP contribution is -2.51. The van der Waals surface area contributed by atoms with E-state index in [-0.39, 0.29) is 24.5 Å². The summed E-state index contributed by atoms with van der Waals surface area (Å²) in [6.45, 7) is 9.90. The van der Waals surface area contributed by atoms with Gasteiger partial charge in [0.1, 0.15) is 18.1 Å². The minimum Gasteiger partial charge on any atom is -0.366 e. The number of aliphatic imine (C=N–C) groups is 2. The van der Waals surface area contributed by atoms with Gasteiger partial charge in [0.05, 0.1) is 5.92 Å². The van der Waals surface area contributed by atoms with Crippen molar-refractivity contribution in [2.45, 2.75) is 83.1 Å². The molecule has 43 heavy (non-hydrogen) atoms. The maximum Gasteiger partial charge on any atom is 0.421 e. The van der Waals surface area contributed by atoms with E-state index in [0.717, 1.165) is 13.1 Å². The summed E-state index contributed by atoms with van der Waals surface area (Å²) in [7, 11) is 0. The first-order valence-corrected chi connectivity index (χ1v) is 15.3. The predicted octanol–water partition coefficient (Wildman–Crippen LogP) is 4.58. The smallest absolute Gasteiger partial charge is 0.366 e. The van der Waals surface area contributed by atoms with E-state index >= 15 is 0 Å². The minimum absolute atomic E-state index is 0.0216. The molecular weight excluding hydrogens is 559 g/mol. The van der Waals surface area contributed by atoms with Crippen molar-refractivity contribution in [3.05, 3.63) is 41.6 Å². The molecule has 2 aliphatic carbocycles. The van der Waals surface area contributed by atoms with Crippen LogP contribution in [0, 0.1) is 5.92 Å². The molecule has 1 aromatic rings. The number of benzene rings is 1. The topological polar surface area (TPSA) is 101 Å². The number of carbonyl (C=O) groups is 2. The van der Waals surface area contributed by atoms with Crippen molar-refractivity contribution < 1.29 is 22.8 Å². The number of nitrogens with one attached hydrogen (secondary N) is 3. The van der Waals surface area contributed by atoms with E-state index in [0.29, 0.717) is 55.8 Å². The van der Waals surface area contributed by atoms with Gasteiger partial charge in [0.25, 0.3) is 5.91 Å². The van der Waals surface area contributed by atoms with Crippen molar-refractivity contribution in [3.8, 4) is 0 Å². The molecule has 0 aromatic heterocycles. The number of amidine groups is 1. The molecule has 2 unspecified atom stereocenters. The first kappa shape index (κ1) is 32.5. The molecule has 0 radical (unpaired) electrons. The highest BCUT2D eigenvalue weighted by atomic mass is 19.4. The second-order valence-corrected chi connectivity index (χ2v) is 11.9. The monoisotopic (exact) mass is 603 g/mol. The van der Waals surface area contributed by atoms with Crippen molar-refractivity contribution in [2.75, 3.05) is 38.2 Å². The number of hydrogen-bond acceptors (Lipinski definition) is 6. The van der Waals surface area contributed by atoms with Gasteiger partial charge in [-0.05, 0) is 70.5 Å². The van der Waals surface area contributed by atoms with Crippen LogP contribution in [0.3, 0.4) is 0 Å². The van der Waals surface area contributed by atoms with E-state index in [9.17, 15) is 22.8 Å². The molecule has 1 heterocycles.